The van der Waals surface area contributed by atoms with Gasteiger partial charge in [0.1, 0.15) is 11.6 Å². The fourth-order valence-electron chi connectivity index (χ4n) is 1.29. The Morgan fingerprint density at radius 2 is 1.72 bits per heavy atom. The van der Waals surface area contributed by atoms with Gasteiger partial charge in [-0.3, -0.25) is 0 Å². The van der Waals surface area contributed by atoms with Gasteiger partial charge in [0.05, 0.1) is 14.0 Å². The molecule has 18 heavy (non-hydrogen) atoms. The summed E-state index contributed by atoms with van der Waals surface area (Å²) in [6.45, 7) is 2.92. The molecule has 0 bridgehead atoms. The van der Waals surface area contributed by atoms with Crippen LogP contribution in [-0.2, 0) is 9.84 Å². The summed E-state index contributed by atoms with van der Waals surface area (Å²) in [6.07, 6.45) is 1.06. The number of halogens is 4. The molecule has 0 saturated heterocycles. The van der Waals surface area contributed by atoms with Crippen LogP contribution in [0.1, 0.15) is 24.2 Å². The number of sulfone groups is 1. The van der Waals surface area contributed by atoms with Crippen LogP contribution in [0.5, 0.6) is 0 Å². The lowest BCUT2D eigenvalue weighted by atomic mass is 10.0. The molecule has 0 aromatic heterocycles. The first-order valence-electron chi connectivity index (χ1n) is 4.96. The molecule has 1 rings (SSSR count). The molecule has 0 saturated carbocycles. The Balaban J connectivity index is 3.36. The highest BCUT2D eigenvalue weighted by atomic mass is 79.9. The molecule has 1 aromatic rings. The quantitative estimate of drug-likeness (QED) is 0.562. The summed E-state index contributed by atoms with van der Waals surface area (Å²) >= 11 is 6.02. The van der Waals surface area contributed by atoms with Crippen LogP contribution in [0, 0.1) is 11.6 Å². The number of hydrogen-bond donors (Lipinski definition) is 0. The van der Waals surface area contributed by atoms with Crippen molar-refractivity contribution in [2.75, 3.05) is 6.26 Å². The van der Waals surface area contributed by atoms with Crippen molar-refractivity contribution >= 4 is 41.7 Å². The minimum absolute atomic E-state index is 0.000566. The zero-order valence-electron chi connectivity index (χ0n) is 9.97. The van der Waals surface area contributed by atoms with Crippen molar-refractivity contribution in [3.05, 3.63) is 33.8 Å². The Labute approximate surface area is 122 Å². The summed E-state index contributed by atoms with van der Waals surface area (Å²) in [4.78, 5) is -0.845. The van der Waals surface area contributed by atoms with E-state index in [4.69, 9.17) is 0 Å². The molecule has 1 unspecified atom stereocenters. The van der Waals surface area contributed by atoms with Gasteiger partial charge in [-0.05, 0) is 41.9 Å². The first-order valence-corrected chi connectivity index (χ1v) is 8.56. The maximum absolute atomic E-state index is 13.8. The molecule has 0 aliphatic heterocycles. The molecular formula is C11H12Br2F2O2S. The number of hydrogen-bond acceptors (Lipinski definition) is 2. The third kappa shape index (κ3) is 2.93. The number of alkyl halides is 1. The lowest BCUT2D eigenvalue weighted by molar-refractivity contribution is 0.530. The van der Waals surface area contributed by atoms with Crippen molar-refractivity contribution < 1.29 is 17.2 Å². The van der Waals surface area contributed by atoms with E-state index < -0.39 is 31.0 Å². The van der Waals surface area contributed by atoms with Gasteiger partial charge in [0, 0.05) is 11.8 Å². The van der Waals surface area contributed by atoms with Crippen molar-refractivity contribution in [1.82, 2.24) is 0 Å². The molecular weight excluding hydrogens is 394 g/mol. The first-order chi connectivity index (χ1) is 7.98. The minimum Gasteiger partial charge on any atom is -0.229 e. The zero-order chi connectivity index (χ0) is 14.3. The smallest absolute Gasteiger partial charge is 0.154 e. The van der Waals surface area contributed by atoms with E-state index in [1.807, 2.05) is 0 Å². The Morgan fingerprint density at radius 3 is 2.17 bits per heavy atom. The van der Waals surface area contributed by atoms with Crippen LogP contribution >= 0.6 is 31.9 Å². The highest BCUT2D eigenvalue weighted by Crippen LogP contribution is 2.41. The van der Waals surface area contributed by atoms with Crippen molar-refractivity contribution in [2.45, 2.75) is 23.4 Å². The van der Waals surface area contributed by atoms with E-state index in [1.165, 1.54) is 13.8 Å². The molecule has 0 spiro atoms. The second-order valence-electron chi connectivity index (χ2n) is 4.53. The Kier molecular flexibility index (Phi) is 4.61. The van der Waals surface area contributed by atoms with E-state index in [9.17, 15) is 17.2 Å². The van der Waals surface area contributed by atoms with Gasteiger partial charge in [0.15, 0.2) is 9.84 Å². The van der Waals surface area contributed by atoms with Crippen LogP contribution in [0.3, 0.4) is 0 Å². The molecule has 1 atom stereocenters. The lowest BCUT2D eigenvalue weighted by Gasteiger charge is -2.29. The fraction of sp³-hybridized carbons (Fsp3) is 0.455. The molecule has 0 radical (unpaired) electrons. The van der Waals surface area contributed by atoms with Crippen LogP contribution in [0.4, 0.5) is 8.78 Å². The van der Waals surface area contributed by atoms with Gasteiger partial charge in [-0.25, -0.2) is 17.2 Å². The Morgan fingerprint density at radius 1 is 1.22 bits per heavy atom. The standard InChI is InChI=1S/C11H12Br2F2O2S/c1-11(2,18(3,16)17)10(13)6-4-9(15)7(12)5-8(6)14/h4-5,10H,1-3H3. The summed E-state index contributed by atoms with van der Waals surface area (Å²) in [7, 11) is -3.44. The number of rotatable bonds is 3. The normalized spacial score (nSPS) is 14.6. The van der Waals surface area contributed by atoms with Crippen molar-refractivity contribution in [3.8, 4) is 0 Å². The zero-order valence-corrected chi connectivity index (χ0v) is 14.0. The lowest BCUT2D eigenvalue weighted by Crippen LogP contribution is -2.35. The topological polar surface area (TPSA) is 34.1 Å². The van der Waals surface area contributed by atoms with Crippen LogP contribution in [-0.4, -0.2) is 19.4 Å². The van der Waals surface area contributed by atoms with Gasteiger partial charge in [-0.2, -0.15) is 0 Å². The third-order valence-corrected chi connectivity index (χ3v) is 7.57. The average molecular weight is 406 g/mol. The van der Waals surface area contributed by atoms with Gasteiger partial charge < -0.3 is 0 Å². The monoisotopic (exact) mass is 404 g/mol. The maximum Gasteiger partial charge on any atom is 0.154 e. The Bertz CT molecular complexity index is 571. The van der Waals surface area contributed by atoms with Crippen molar-refractivity contribution in [2.24, 2.45) is 0 Å². The summed E-state index contributed by atoms with van der Waals surface area (Å²) < 4.78 is 49.3. The SMILES string of the molecule is CC(C)(C(Br)c1cc(F)c(Br)cc1F)S(C)(=O)=O. The molecule has 2 nitrogen and oxygen atoms in total. The van der Waals surface area contributed by atoms with E-state index in [2.05, 4.69) is 31.9 Å². The summed E-state index contributed by atoms with van der Waals surface area (Å²) in [5, 5.41) is 0. The highest BCUT2D eigenvalue weighted by Gasteiger charge is 2.39. The van der Waals surface area contributed by atoms with Crippen LogP contribution in [0.15, 0.2) is 16.6 Å². The van der Waals surface area contributed by atoms with E-state index in [0.717, 1.165) is 18.4 Å². The van der Waals surface area contributed by atoms with Crippen LogP contribution < -0.4 is 0 Å². The molecule has 0 amide bonds. The first kappa shape index (κ1) is 16.0. The molecule has 0 aliphatic rings. The van der Waals surface area contributed by atoms with Gasteiger partial charge in [0.25, 0.3) is 0 Å². The molecule has 0 heterocycles. The minimum atomic E-state index is -3.44. The van der Waals surface area contributed by atoms with E-state index in [0.29, 0.717) is 0 Å². The maximum atomic E-state index is 13.8. The van der Waals surface area contributed by atoms with Gasteiger partial charge in [-0.15, -0.1) is 0 Å². The summed E-state index contributed by atoms with van der Waals surface area (Å²) in [5.74, 6) is -1.30. The molecule has 7 heteroatoms. The summed E-state index contributed by atoms with van der Waals surface area (Å²) in [6, 6.07) is 1.98. The predicted octanol–water partition coefficient (Wildman–Crippen LogP) is 3.99. The van der Waals surface area contributed by atoms with E-state index >= 15 is 0 Å². The molecule has 0 aliphatic carbocycles. The van der Waals surface area contributed by atoms with Crippen molar-refractivity contribution in [1.29, 1.82) is 0 Å². The van der Waals surface area contributed by atoms with Gasteiger partial charge >= 0.3 is 0 Å². The van der Waals surface area contributed by atoms with Crippen molar-refractivity contribution in [3.63, 3.8) is 0 Å². The van der Waals surface area contributed by atoms with Gasteiger partial charge in [-0.1, -0.05) is 15.9 Å². The van der Waals surface area contributed by atoms with Gasteiger partial charge in [0.2, 0.25) is 0 Å². The van der Waals surface area contributed by atoms with Crippen LogP contribution in [0.2, 0.25) is 0 Å². The molecule has 1 aromatic carbocycles. The second kappa shape index (κ2) is 5.17. The third-order valence-electron chi connectivity index (χ3n) is 2.88. The largest absolute Gasteiger partial charge is 0.229 e. The fourth-order valence-corrected chi connectivity index (χ4v) is 3.48. The van der Waals surface area contributed by atoms with Crippen LogP contribution in [0.25, 0.3) is 0 Å². The molecule has 0 fully saturated rings. The molecule has 0 N–H and O–H groups in total. The van der Waals surface area contributed by atoms with E-state index in [-0.39, 0.29) is 10.0 Å². The Hall–Kier alpha value is -0.0100. The predicted molar refractivity (Wildman–Crippen MR) is 74.6 cm³/mol. The highest BCUT2D eigenvalue weighted by molar-refractivity contribution is 9.10. The second-order valence-corrected chi connectivity index (χ2v) is 8.89. The summed E-state index contributed by atoms with van der Waals surface area (Å²) in [5.41, 5.74) is -0.0221. The average Bonchev–Trinajstić information content (AvgIpc) is 2.20. The van der Waals surface area contributed by atoms with E-state index in [1.54, 1.807) is 0 Å². The number of benzene rings is 1. The molecule has 102 valence electrons.